The Morgan fingerprint density at radius 2 is 1.41 bits per heavy atom. The van der Waals surface area contributed by atoms with Crippen LogP contribution in [0.15, 0.2) is 0 Å². The second-order valence-electron chi connectivity index (χ2n) is 6.95. The van der Waals surface area contributed by atoms with E-state index in [4.69, 9.17) is 0 Å². The predicted octanol–water partition coefficient (Wildman–Crippen LogP) is 2.39. The van der Waals surface area contributed by atoms with Crippen molar-refractivity contribution in [2.24, 2.45) is 11.8 Å². The molecule has 2 aliphatic heterocycles. The third-order valence-corrected chi connectivity index (χ3v) is 5.75. The summed E-state index contributed by atoms with van der Waals surface area (Å²) in [6, 6.07) is 3.67. The molecule has 17 heavy (non-hydrogen) atoms. The first kappa shape index (κ1) is 10.8. The SMILES string of the molecule is CNC1CC2CCC(C1)N2C(C1CC1)C1CC1. The Hall–Kier alpha value is -0.0800. The third kappa shape index (κ3) is 1.84. The molecule has 4 fully saturated rings. The minimum atomic E-state index is 0.808. The summed E-state index contributed by atoms with van der Waals surface area (Å²) >= 11 is 0. The smallest absolute Gasteiger partial charge is 0.0158 e. The molecule has 2 saturated carbocycles. The molecule has 2 nitrogen and oxygen atoms in total. The van der Waals surface area contributed by atoms with Gasteiger partial charge in [-0.15, -0.1) is 0 Å². The lowest BCUT2D eigenvalue weighted by Gasteiger charge is -2.44. The quantitative estimate of drug-likeness (QED) is 0.803. The molecular formula is C15H26N2. The molecule has 2 heteroatoms. The summed E-state index contributed by atoms with van der Waals surface area (Å²) < 4.78 is 0. The van der Waals surface area contributed by atoms with Crippen molar-refractivity contribution >= 4 is 0 Å². The van der Waals surface area contributed by atoms with E-state index in [0.29, 0.717) is 0 Å². The van der Waals surface area contributed by atoms with E-state index in [-0.39, 0.29) is 0 Å². The van der Waals surface area contributed by atoms with Gasteiger partial charge in [0.25, 0.3) is 0 Å². The second-order valence-corrected chi connectivity index (χ2v) is 6.95. The van der Waals surface area contributed by atoms with E-state index in [1.807, 2.05) is 0 Å². The number of piperidine rings is 1. The van der Waals surface area contributed by atoms with Crippen molar-refractivity contribution in [2.75, 3.05) is 7.05 Å². The summed E-state index contributed by atoms with van der Waals surface area (Å²) in [5.41, 5.74) is 0. The maximum Gasteiger partial charge on any atom is 0.0158 e. The van der Waals surface area contributed by atoms with Crippen LogP contribution < -0.4 is 5.32 Å². The molecule has 0 spiro atoms. The molecule has 0 radical (unpaired) electrons. The number of rotatable bonds is 4. The first-order valence-electron chi connectivity index (χ1n) is 7.81. The highest BCUT2D eigenvalue weighted by Gasteiger charge is 2.52. The molecule has 2 aliphatic carbocycles. The van der Waals surface area contributed by atoms with Crippen LogP contribution in [-0.4, -0.2) is 36.1 Å². The fourth-order valence-corrected chi connectivity index (χ4v) is 4.68. The number of hydrogen-bond acceptors (Lipinski definition) is 2. The number of fused-ring (bicyclic) bond motifs is 2. The first-order valence-corrected chi connectivity index (χ1v) is 7.81. The first-order chi connectivity index (χ1) is 8.36. The molecule has 0 aromatic rings. The van der Waals surface area contributed by atoms with E-state index in [2.05, 4.69) is 17.3 Å². The molecule has 2 atom stereocenters. The highest BCUT2D eigenvalue weighted by molar-refractivity contribution is 5.06. The Labute approximate surface area is 105 Å². The highest BCUT2D eigenvalue weighted by atomic mass is 15.3. The summed E-state index contributed by atoms with van der Waals surface area (Å²) in [4.78, 5) is 3.02. The predicted molar refractivity (Wildman–Crippen MR) is 70.0 cm³/mol. The van der Waals surface area contributed by atoms with Gasteiger partial charge >= 0.3 is 0 Å². The molecule has 2 heterocycles. The number of nitrogens with one attached hydrogen (secondary N) is 1. The van der Waals surface area contributed by atoms with Crippen LogP contribution in [0.2, 0.25) is 0 Å². The Kier molecular flexibility index (Phi) is 2.52. The minimum absolute atomic E-state index is 0.808. The van der Waals surface area contributed by atoms with Crippen LogP contribution in [0, 0.1) is 11.8 Å². The molecule has 0 aromatic carbocycles. The van der Waals surface area contributed by atoms with Crippen LogP contribution >= 0.6 is 0 Å². The van der Waals surface area contributed by atoms with Gasteiger partial charge in [-0.2, -0.15) is 0 Å². The lowest BCUT2D eigenvalue weighted by atomic mass is 9.92. The molecule has 96 valence electrons. The van der Waals surface area contributed by atoms with Gasteiger partial charge in [-0.05, 0) is 70.3 Å². The Bertz CT molecular complexity index is 269. The van der Waals surface area contributed by atoms with Crippen LogP contribution in [0.1, 0.15) is 51.4 Å². The largest absolute Gasteiger partial charge is 0.317 e. The Morgan fingerprint density at radius 3 is 1.82 bits per heavy atom. The summed E-state index contributed by atoms with van der Waals surface area (Å²) in [6.07, 6.45) is 11.9. The summed E-state index contributed by atoms with van der Waals surface area (Å²) in [6.45, 7) is 0. The lowest BCUT2D eigenvalue weighted by molar-refractivity contribution is 0.0496. The maximum absolute atomic E-state index is 3.53. The van der Waals surface area contributed by atoms with E-state index < -0.39 is 0 Å². The van der Waals surface area contributed by atoms with Gasteiger partial charge in [0.15, 0.2) is 0 Å². The van der Waals surface area contributed by atoms with Crippen molar-refractivity contribution in [3.63, 3.8) is 0 Å². The van der Waals surface area contributed by atoms with Crippen molar-refractivity contribution in [3.8, 4) is 0 Å². The van der Waals surface area contributed by atoms with E-state index in [1.165, 1.54) is 51.4 Å². The van der Waals surface area contributed by atoms with Gasteiger partial charge in [-0.3, -0.25) is 4.90 Å². The summed E-state index contributed by atoms with van der Waals surface area (Å²) in [7, 11) is 2.15. The molecule has 2 saturated heterocycles. The molecule has 0 aromatic heterocycles. The van der Waals surface area contributed by atoms with Gasteiger partial charge in [0.2, 0.25) is 0 Å². The van der Waals surface area contributed by atoms with Gasteiger partial charge in [0.1, 0.15) is 0 Å². The molecule has 2 unspecified atom stereocenters. The van der Waals surface area contributed by atoms with Crippen molar-refractivity contribution < 1.29 is 0 Å². The fourth-order valence-electron chi connectivity index (χ4n) is 4.68. The van der Waals surface area contributed by atoms with Crippen LogP contribution in [0.4, 0.5) is 0 Å². The zero-order chi connectivity index (χ0) is 11.4. The van der Waals surface area contributed by atoms with Crippen LogP contribution in [-0.2, 0) is 0 Å². The van der Waals surface area contributed by atoms with Crippen molar-refractivity contribution in [3.05, 3.63) is 0 Å². The van der Waals surface area contributed by atoms with Crippen LogP contribution in [0.3, 0.4) is 0 Å². The topological polar surface area (TPSA) is 15.3 Å². The fraction of sp³-hybridized carbons (Fsp3) is 1.00. The zero-order valence-corrected chi connectivity index (χ0v) is 11.1. The molecule has 4 rings (SSSR count). The van der Waals surface area contributed by atoms with Gasteiger partial charge in [-0.25, -0.2) is 0 Å². The highest BCUT2D eigenvalue weighted by Crippen LogP contribution is 2.51. The Morgan fingerprint density at radius 1 is 0.882 bits per heavy atom. The monoisotopic (exact) mass is 234 g/mol. The van der Waals surface area contributed by atoms with Gasteiger partial charge in [-0.1, -0.05) is 0 Å². The van der Waals surface area contributed by atoms with E-state index in [0.717, 1.165) is 36.0 Å². The number of nitrogens with zero attached hydrogens (tertiary/aromatic N) is 1. The normalized spacial score (nSPS) is 42.4. The Balaban J connectivity index is 1.53. The van der Waals surface area contributed by atoms with E-state index >= 15 is 0 Å². The van der Waals surface area contributed by atoms with Gasteiger partial charge in [0, 0.05) is 24.2 Å². The van der Waals surface area contributed by atoms with E-state index in [9.17, 15) is 0 Å². The van der Waals surface area contributed by atoms with Crippen molar-refractivity contribution in [1.29, 1.82) is 0 Å². The van der Waals surface area contributed by atoms with Gasteiger partial charge < -0.3 is 5.32 Å². The van der Waals surface area contributed by atoms with E-state index in [1.54, 1.807) is 0 Å². The molecule has 4 aliphatic rings. The van der Waals surface area contributed by atoms with Crippen LogP contribution in [0.5, 0.6) is 0 Å². The molecular weight excluding hydrogens is 208 g/mol. The van der Waals surface area contributed by atoms with Crippen molar-refractivity contribution in [2.45, 2.75) is 75.5 Å². The summed E-state index contributed by atoms with van der Waals surface area (Å²) in [5.74, 6) is 2.19. The van der Waals surface area contributed by atoms with Crippen LogP contribution in [0.25, 0.3) is 0 Å². The average Bonchev–Trinajstić information content (AvgIpc) is 3.22. The van der Waals surface area contributed by atoms with Crippen molar-refractivity contribution in [1.82, 2.24) is 10.2 Å². The second kappa shape index (κ2) is 3.96. The van der Waals surface area contributed by atoms with Gasteiger partial charge in [0.05, 0.1) is 0 Å². The standard InChI is InChI=1S/C15H26N2/c1-16-12-8-13-6-7-14(9-12)17(13)15(10-2-3-10)11-4-5-11/h10-16H,2-9H2,1H3. The zero-order valence-electron chi connectivity index (χ0n) is 11.1. The molecule has 1 N–H and O–H groups in total. The molecule has 2 bridgehead atoms. The molecule has 0 amide bonds. The lowest BCUT2D eigenvalue weighted by Crippen LogP contribution is -2.53. The number of hydrogen-bond donors (Lipinski definition) is 1. The average molecular weight is 234 g/mol. The summed E-state index contributed by atoms with van der Waals surface area (Å²) in [5, 5.41) is 3.53. The minimum Gasteiger partial charge on any atom is -0.317 e. The third-order valence-electron chi connectivity index (χ3n) is 5.75. The maximum atomic E-state index is 3.53.